The van der Waals surface area contributed by atoms with Crippen LogP contribution < -0.4 is 15.2 Å². The molecule has 0 aliphatic carbocycles. The Balaban J connectivity index is 1.99. The number of primary amides is 1. The van der Waals surface area contributed by atoms with Crippen LogP contribution >= 0.6 is 0 Å². The van der Waals surface area contributed by atoms with Crippen LogP contribution in [0.2, 0.25) is 0 Å². The number of carbonyl (C=O) groups excluding carboxylic acids is 1. The van der Waals surface area contributed by atoms with E-state index in [1.54, 1.807) is 0 Å². The van der Waals surface area contributed by atoms with Crippen LogP contribution in [0.25, 0.3) is 0 Å². The van der Waals surface area contributed by atoms with Crippen LogP contribution in [0.1, 0.15) is 22.2 Å². The smallest absolute Gasteiger partial charge is 0.459 e. The van der Waals surface area contributed by atoms with Gasteiger partial charge in [-0.3, -0.25) is 4.79 Å². The molecule has 120 valence electrons. The maximum absolute atomic E-state index is 13.5. The van der Waals surface area contributed by atoms with E-state index in [0.29, 0.717) is 0 Å². The number of carbonyl (C=O) groups is 1. The molecule has 1 aliphatic rings. The van der Waals surface area contributed by atoms with E-state index in [1.807, 2.05) is 0 Å². The zero-order valence-electron chi connectivity index (χ0n) is 11.5. The Labute approximate surface area is 128 Å². The number of alkyl halides is 2. The number of nitrogens with two attached hydrogens (primary N) is 1. The van der Waals surface area contributed by atoms with Crippen molar-refractivity contribution >= 4 is 5.91 Å². The van der Waals surface area contributed by atoms with Crippen molar-refractivity contribution in [2.45, 2.75) is 12.6 Å². The second-order valence-corrected chi connectivity index (χ2v) is 4.68. The standard InChI is InChI=1S/C15H10F3NO4/c16-8-5-6-10-12(7-8)22-15(17,18)23-14(10)21-11-4-2-1-3-9(11)13(19)20/h1-7,14H,(H2,19,20). The van der Waals surface area contributed by atoms with Gasteiger partial charge in [0.15, 0.2) is 0 Å². The highest BCUT2D eigenvalue weighted by molar-refractivity contribution is 5.95. The summed E-state index contributed by atoms with van der Waals surface area (Å²) < 4.78 is 54.2. The number of fused-ring (bicyclic) bond motifs is 1. The summed E-state index contributed by atoms with van der Waals surface area (Å²) in [5, 5.41) is 0. The zero-order chi connectivity index (χ0) is 16.6. The highest BCUT2D eigenvalue weighted by Gasteiger charge is 2.45. The second-order valence-electron chi connectivity index (χ2n) is 4.68. The van der Waals surface area contributed by atoms with Crippen molar-refractivity contribution in [3.63, 3.8) is 0 Å². The fourth-order valence-electron chi connectivity index (χ4n) is 2.11. The minimum absolute atomic E-state index is 0.00503. The van der Waals surface area contributed by atoms with Crippen LogP contribution in [0.5, 0.6) is 11.5 Å². The highest BCUT2D eigenvalue weighted by atomic mass is 19.3. The molecule has 0 radical (unpaired) electrons. The van der Waals surface area contributed by atoms with Crippen molar-refractivity contribution in [1.82, 2.24) is 0 Å². The van der Waals surface area contributed by atoms with E-state index in [9.17, 15) is 18.0 Å². The molecule has 2 aromatic carbocycles. The molecule has 2 N–H and O–H groups in total. The van der Waals surface area contributed by atoms with E-state index >= 15 is 0 Å². The molecule has 1 heterocycles. The zero-order valence-corrected chi connectivity index (χ0v) is 11.5. The van der Waals surface area contributed by atoms with Crippen LogP contribution in [0.15, 0.2) is 42.5 Å². The molecule has 0 bridgehead atoms. The van der Waals surface area contributed by atoms with E-state index < -0.39 is 30.1 Å². The first-order valence-corrected chi connectivity index (χ1v) is 6.45. The number of ether oxygens (including phenoxy) is 3. The summed E-state index contributed by atoms with van der Waals surface area (Å²) in [6.07, 6.45) is -5.61. The molecule has 5 nitrogen and oxygen atoms in total. The van der Waals surface area contributed by atoms with Crippen molar-refractivity contribution in [3.8, 4) is 11.5 Å². The maximum atomic E-state index is 13.5. The van der Waals surface area contributed by atoms with Gasteiger partial charge in [-0.15, -0.1) is 8.78 Å². The van der Waals surface area contributed by atoms with Crippen molar-refractivity contribution in [3.05, 3.63) is 59.4 Å². The predicted molar refractivity (Wildman–Crippen MR) is 71.4 cm³/mol. The molecule has 3 rings (SSSR count). The molecule has 0 spiro atoms. The molecule has 0 saturated heterocycles. The van der Waals surface area contributed by atoms with Crippen molar-refractivity contribution in [2.24, 2.45) is 5.73 Å². The lowest BCUT2D eigenvalue weighted by atomic mass is 10.1. The molecule has 0 aromatic heterocycles. The molecule has 2 aromatic rings. The lowest BCUT2D eigenvalue weighted by molar-refractivity contribution is -0.405. The van der Waals surface area contributed by atoms with Crippen LogP contribution in [-0.4, -0.2) is 12.2 Å². The Bertz CT molecular complexity index is 766. The van der Waals surface area contributed by atoms with Gasteiger partial charge in [0, 0.05) is 6.07 Å². The number of para-hydroxylation sites is 1. The maximum Gasteiger partial charge on any atom is 0.538 e. The van der Waals surface area contributed by atoms with Gasteiger partial charge in [-0.25, -0.2) is 9.13 Å². The molecule has 8 heteroatoms. The Hall–Kier alpha value is -2.74. The Morgan fingerprint density at radius 3 is 2.70 bits per heavy atom. The quantitative estimate of drug-likeness (QED) is 0.942. The minimum Gasteiger partial charge on any atom is -0.459 e. The Morgan fingerprint density at radius 2 is 1.96 bits per heavy atom. The summed E-state index contributed by atoms with van der Waals surface area (Å²) in [7, 11) is 0. The van der Waals surface area contributed by atoms with Gasteiger partial charge in [0.25, 0.3) is 5.91 Å². The second kappa shape index (κ2) is 5.47. The molecule has 1 atom stereocenters. The summed E-state index contributed by atoms with van der Waals surface area (Å²) in [6, 6.07) is 8.85. The average molecular weight is 325 g/mol. The SMILES string of the molecule is NC(=O)c1ccccc1OC1OC(F)(F)Oc2cc(F)ccc21. The van der Waals surface area contributed by atoms with E-state index in [-0.39, 0.29) is 16.9 Å². The fourth-order valence-corrected chi connectivity index (χ4v) is 2.11. The third-order valence-electron chi connectivity index (χ3n) is 3.09. The first-order chi connectivity index (χ1) is 10.9. The van der Waals surface area contributed by atoms with Crippen molar-refractivity contribution < 1.29 is 32.2 Å². The van der Waals surface area contributed by atoms with Crippen LogP contribution in [-0.2, 0) is 4.74 Å². The van der Waals surface area contributed by atoms with Gasteiger partial charge in [-0.2, -0.15) is 0 Å². The normalized spacial score (nSPS) is 18.7. The number of hydrogen-bond acceptors (Lipinski definition) is 4. The molecule has 0 saturated carbocycles. The minimum atomic E-state index is -4.01. The van der Waals surface area contributed by atoms with E-state index in [1.165, 1.54) is 30.3 Å². The lowest BCUT2D eigenvalue weighted by Gasteiger charge is -2.31. The van der Waals surface area contributed by atoms with Crippen LogP contribution in [0.3, 0.4) is 0 Å². The summed E-state index contributed by atoms with van der Waals surface area (Å²) in [5.74, 6) is -2.00. The lowest BCUT2D eigenvalue weighted by Crippen LogP contribution is -2.37. The van der Waals surface area contributed by atoms with Gasteiger partial charge < -0.3 is 15.2 Å². The molecule has 1 unspecified atom stereocenters. The molecule has 0 fully saturated rings. The topological polar surface area (TPSA) is 70.8 Å². The summed E-state index contributed by atoms with van der Waals surface area (Å²) in [5.41, 5.74) is 5.25. The molecular formula is C15H10F3NO4. The number of halogens is 3. The summed E-state index contributed by atoms with van der Waals surface area (Å²) >= 11 is 0. The summed E-state index contributed by atoms with van der Waals surface area (Å²) in [6.45, 7) is 0. The van der Waals surface area contributed by atoms with Gasteiger partial charge in [-0.05, 0) is 24.3 Å². The third kappa shape index (κ3) is 3.07. The number of amides is 1. The van der Waals surface area contributed by atoms with E-state index in [4.69, 9.17) is 10.5 Å². The Morgan fingerprint density at radius 1 is 1.22 bits per heavy atom. The number of hydrogen-bond donors (Lipinski definition) is 1. The van der Waals surface area contributed by atoms with Crippen molar-refractivity contribution in [2.75, 3.05) is 0 Å². The molecular weight excluding hydrogens is 315 g/mol. The monoisotopic (exact) mass is 325 g/mol. The van der Waals surface area contributed by atoms with Gasteiger partial charge in [0.2, 0.25) is 6.29 Å². The highest BCUT2D eigenvalue weighted by Crippen LogP contribution is 2.41. The molecule has 23 heavy (non-hydrogen) atoms. The first-order valence-electron chi connectivity index (χ1n) is 6.45. The van der Waals surface area contributed by atoms with Gasteiger partial charge >= 0.3 is 6.29 Å². The summed E-state index contributed by atoms with van der Waals surface area (Å²) in [4.78, 5) is 11.4. The van der Waals surface area contributed by atoms with E-state index in [2.05, 4.69) is 9.47 Å². The Kier molecular flexibility index (Phi) is 3.61. The first kappa shape index (κ1) is 15.2. The van der Waals surface area contributed by atoms with Gasteiger partial charge in [-0.1, -0.05) is 12.1 Å². The van der Waals surface area contributed by atoms with Gasteiger partial charge in [0.1, 0.15) is 17.3 Å². The van der Waals surface area contributed by atoms with Crippen LogP contribution in [0.4, 0.5) is 13.2 Å². The van der Waals surface area contributed by atoms with E-state index in [0.717, 1.165) is 12.1 Å². The van der Waals surface area contributed by atoms with Crippen LogP contribution in [0, 0.1) is 5.82 Å². The number of benzene rings is 2. The predicted octanol–water partition coefficient (Wildman–Crippen LogP) is 2.96. The van der Waals surface area contributed by atoms with Crippen molar-refractivity contribution in [1.29, 1.82) is 0 Å². The molecule has 1 aliphatic heterocycles. The number of rotatable bonds is 3. The molecule has 1 amide bonds. The largest absolute Gasteiger partial charge is 0.538 e. The van der Waals surface area contributed by atoms with Gasteiger partial charge in [0.05, 0.1) is 11.1 Å². The fraction of sp³-hybridized carbons (Fsp3) is 0.133. The average Bonchev–Trinajstić information content (AvgIpc) is 2.45. The third-order valence-corrected chi connectivity index (χ3v) is 3.09.